The fourth-order valence-electron chi connectivity index (χ4n) is 2.02. The van der Waals surface area contributed by atoms with Crippen LogP contribution in [0.4, 0.5) is 13.2 Å². The second kappa shape index (κ2) is 5.22. The molecule has 3 atom stereocenters. The molecule has 0 aromatic rings. The van der Waals surface area contributed by atoms with Crippen molar-refractivity contribution in [1.29, 1.82) is 5.41 Å². The summed E-state index contributed by atoms with van der Waals surface area (Å²) in [5, 5.41) is 16.5. The first kappa shape index (κ1) is 14.2. The Bertz CT molecular complexity index is 282. The van der Waals surface area contributed by atoms with Crippen molar-refractivity contribution in [3.05, 3.63) is 0 Å². The molecular weight excluding hydrogens is 235 g/mol. The standard InChI is InChI=1S/C10H18F3N3O/c1-6-4-16(3-2-8(6)17)5-7(9(14)15)10(11,12)13/h6-8,17H,2-5H2,1H3,(H3,14,15). The number of nitrogens with zero attached hydrogens (tertiary/aromatic N) is 1. The molecule has 1 aliphatic heterocycles. The quantitative estimate of drug-likeness (QED) is 0.514. The summed E-state index contributed by atoms with van der Waals surface area (Å²) in [5.41, 5.74) is 4.99. The summed E-state index contributed by atoms with van der Waals surface area (Å²) in [6.07, 6.45) is -4.47. The maximum Gasteiger partial charge on any atom is 0.399 e. The fraction of sp³-hybridized carbons (Fsp3) is 0.900. The van der Waals surface area contributed by atoms with Crippen LogP contribution >= 0.6 is 0 Å². The Balaban J connectivity index is 2.60. The number of likely N-dealkylation sites (tertiary alicyclic amines) is 1. The van der Waals surface area contributed by atoms with E-state index in [0.29, 0.717) is 19.5 Å². The second-order valence-electron chi connectivity index (χ2n) is 4.64. The van der Waals surface area contributed by atoms with Gasteiger partial charge in [0.1, 0.15) is 11.8 Å². The fourth-order valence-corrected chi connectivity index (χ4v) is 2.02. The van der Waals surface area contributed by atoms with Crippen LogP contribution in [0.25, 0.3) is 0 Å². The van der Waals surface area contributed by atoms with Crippen molar-refractivity contribution in [2.75, 3.05) is 19.6 Å². The molecule has 17 heavy (non-hydrogen) atoms. The lowest BCUT2D eigenvalue weighted by Crippen LogP contribution is -2.49. The van der Waals surface area contributed by atoms with E-state index in [-0.39, 0.29) is 12.5 Å². The smallest absolute Gasteiger partial charge is 0.393 e. The average Bonchev–Trinajstić information content (AvgIpc) is 2.17. The normalized spacial score (nSPS) is 29.0. The largest absolute Gasteiger partial charge is 0.399 e. The molecule has 4 nitrogen and oxygen atoms in total. The number of hydrogen-bond donors (Lipinski definition) is 3. The number of hydrogen-bond acceptors (Lipinski definition) is 3. The van der Waals surface area contributed by atoms with Gasteiger partial charge in [0.05, 0.1) is 6.10 Å². The molecule has 0 aromatic heterocycles. The highest BCUT2D eigenvalue weighted by atomic mass is 19.4. The molecule has 1 fully saturated rings. The number of nitrogens with two attached hydrogens (primary N) is 1. The number of aliphatic hydroxyl groups is 1. The number of rotatable bonds is 3. The maximum atomic E-state index is 12.6. The molecule has 3 unspecified atom stereocenters. The lowest BCUT2D eigenvalue weighted by molar-refractivity contribution is -0.161. The lowest BCUT2D eigenvalue weighted by atomic mass is 9.95. The van der Waals surface area contributed by atoms with Crippen LogP contribution < -0.4 is 5.73 Å². The number of nitrogens with one attached hydrogen (secondary N) is 1. The van der Waals surface area contributed by atoms with Crippen molar-refractivity contribution in [3.63, 3.8) is 0 Å². The van der Waals surface area contributed by atoms with E-state index in [2.05, 4.69) is 0 Å². The Kier molecular flexibility index (Phi) is 4.37. The molecule has 1 saturated heterocycles. The van der Waals surface area contributed by atoms with Gasteiger partial charge >= 0.3 is 6.18 Å². The molecule has 1 heterocycles. The maximum absolute atomic E-state index is 12.6. The highest BCUT2D eigenvalue weighted by Crippen LogP contribution is 2.28. The Morgan fingerprint density at radius 2 is 2.18 bits per heavy atom. The summed E-state index contributed by atoms with van der Waals surface area (Å²) in [6.45, 7) is 2.31. The van der Waals surface area contributed by atoms with Gasteiger partial charge in [-0.2, -0.15) is 13.2 Å². The van der Waals surface area contributed by atoms with Crippen molar-refractivity contribution in [1.82, 2.24) is 4.90 Å². The van der Waals surface area contributed by atoms with Crippen LogP contribution in [0.15, 0.2) is 0 Å². The Labute approximate surface area is 98.1 Å². The molecule has 4 N–H and O–H groups in total. The van der Waals surface area contributed by atoms with E-state index in [1.165, 1.54) is 0 Å². The summed E-state index contributed by atoms with van der Waals surface area (Å²) in [5.74, 6) is -2.81. The molecule has 7 heteroatoms. The van der Waals surface area contributed by atoms with Gasteiger partial charge in [0.25, 0.3) is 0 Å². The third-order valence-corrected chi connectivity index (χ3v) is 3.16. The third kappa shape index (κ3) is 3.85. The van der Waals surface area contributed by atoms with Gasteiger partial charge in [-0.1, -0.05) is 6.92 Å². The minimum atomic E-state index is -4.48. The summed E-state index contributed by atoms with van der Waals surface area (Å²) in [6, 6.07) is 0. The topological polar surface area (TPSA) is 73.3 Å². The predicted molar refractivity (Wildman–Crippen MR) is 57.7 cm³/mol. The van der Waals surface area contributed by atoms with E-state index in [1.54, 1.807) is 11.8 Å². The van der Waals surface area contributed by atoms with Crippen LogP contribution in [-0.2, 0) is 0 Å². The number of aliphatic hydroxyl groups excluding tert-OH is 1. The Hall–Kier alpha value is -0.820. The van der Waals surface area contributed by atoms with E-state index >= 15 is 0 Å². The summed E-state index contributed by atoms with van der Waals surface area (Å²) in [4.78, 5) is 1.61. The average molecular weight is 253 g/mol. The van der Waals surface area contributed by atoms with Crippen LogP contribution in [0.1, 0.15) is 13.3 Å². The molecule has 0 radical (unpaired) electrons. The lowest BCUT2D eigenvalue weighted by Gasteiger charge is -2.36. The SMILES string of the molecule is CC1CN(CC(C(=N)N)C(F)(F)F)CCC1O. The first-order valence-corrected chi connectivity index (χ1v) is 5.53. The van der Waals surface area contributed by atoms with Crippen molar-refractivity contribution >= 4 is 5.84 Å². The van der Waals surface area contributed by atoms with Crippen molar-refractivity contribution in [3.8, 4) is 0 Å². The van der Waals surface area contributed by atoms with Gasteiger partial charge < -0.3 is 15.7 Å². The molecule has 0 spiro atoms. The first-order chi connectivity index (χ1) is 7.71. The van der Waals surface area contributed by atoms with Gasteiger partial charge in [0.2, 0.25) is 0 Å². The van der Waals surface area contributed by atoms with Crippen LogP contribution in [0.3, 0.4) is 0 Å². The van der Waals surface area contributed by atoms with Gasteiger partial charge in [-0.3, -0.25) is 5.41 Å². The van der Waals surface area contributed by atoms with Gasteiger partial charge in [-0.15, -0.1) is 0 Å². The van der Waals surface area contributed by atoms with Gasteiger partial charge in [0, 0.05) is 19.6 Å². The number of alkyl halides is 3. The van der Waals surface area contributed by atoms with E-state index in [0.717, 1.165) is 0 Å². The zero-order chi connectivity index (χ0) is 13.2. The van der Waals surface area contributed by atoms with Crippen LogP contribution in [-0.4, -0.2) is 47.8 Å². The van der Waals surface area contributed by atoms with Crippen LogP contribution in [0.2, 0.25) is 0 Å². The molecule has 0 saturated carbocycles. The molecular formula is C10H18F3N3O. The molecule has 1 rings (SSSR count). The van der Waals surface area contributed by atoms with Crippen molar-refractivity contribution in [2.24, 2.45) is 17.6 Å². The molecule has 0 amide bonds. The van der Waals surface area contributed by atoms with Crippen molar-refractivity contribution < 1.29 is 18.3 Å². The number of piperidine rings is 1. The molecule has 0 aromatic carbocycles. The minimum Gasteiger partial charge on any atom is -0.393 e. The molecule has 1 aliphatic rings. The minimum absolute atomic E-state index is 0.0513. The summed E-state index contributed by atoms with van der Waals surface area (Å²) >= 11 is 0. The predicted octanol–water partition coefficient (Wildman–Crippen LogP) is 0.804. The van der Waals surface area contributed by atoms with Gasteiger partial charge in [-0.05, 0) is 12.3 Å². The zero-order valence-corrected chi connectivity index (χ0v) is 9.67. The van der Waals surface area contributed by atoms with Gasteiger partial charge in [0.15, 0.2) is 0 Å². The number of halogens is 3. The Morgan fingerprint density at radius 3 is 2.59 bits per heavy atom. The first-order valence-electron chi connectivity index (χ1n) is 5.53. The monoisotopic (exact) mass is 253 g/mol. The molecule has 0 aliphatic carbocycles. The van der Waals surface area contributed by atoms with E-state index in [9.17, 15) is 18.3 Å². The van der Waals surface area contributed by atoms with Gasteiger partial charge in [-0.25, -0.2) is 0 Å². The van der Waals surface area contributed by atoms with Crippen molar-refractivity contribution in [2.45, 2.75) is 25.6 Å². The van der Waals surface area contributed by atoms with E-state index < -0.39 is 24.0 Å². The molecule has 100 valence electrons. The van der Waals surface area contributed by atoms with E-state index in [1.807, 2.05) is 0 Å². The second-order valence-corrected chi connectivity index (χ2v) is 4.64. The van der Waals surface area contributed by atoms with Crippen LogP contribution in [0.5, 0.6) is 0 Å². The highest BCUT2D eigenvalue weighted by Gasteiger charge is 2.43. The Morgan fingerprint density at radius 1 is 1.59 bits per heavy atom. The summed E-state index contributed by atoms with van der Waals surface area (Å²) < 4.78 is 37.8. The highest BCUT2D eigenvalue weighted by molar-refractivity contribution is 5.80. The van der Waals surface area contributed by atoms with E-state index in [4.69, 9.17) is 11.1 Å². The summed E-state index contributed by atoms with van der Waals surface area (Å²) in [7, 11) is 0. The third-order valence-electron chi connectivity index (χ3n) is 3.16. The molecule has 0 bridgehead atoms. The zero-order valence-electron chi connectivity index (χ0n) is 9.67. The van der Waals surface area contributed by atoms with Crippen LogP contribution in [0, 0.1) is 17.2 Å². The number of amidine groups is 1.